The number of methoxy groups -OCH3 is 2. The van der Waals surface area contributed by atoms with Crippen LogP contribution in [0.15, 0.2) is 29.1 Å². The molecule has 0 saturated carbocycles. The first kappa shape index (κ1) is 28.6. The molecule has 0 saturated heterocycles. The molecule has 4 rings (SSSR count). The quantitative estimate of drug-likeness (QED) is 0.256. The molecule has 0 unspecified atom stereocenters. The minimum atomic E-state index is -1.50. The Kier molecular flexibility index (Phi) is 7.84. The van der Waals surface area contributed by atoms with Gasteiger partial charge >= 0.3 is 5.69 Å². The molecule has 40 heavy (non-hydrogen) atoms. The Hall–Kier alpha value is -4.43. The van der Waals surface area contributed by atoms with E-state index in [2.05, 4.69) is 15.0 Å². The monoisotopic (exact) mass is 579 g/mol. The SMILES string of the molecule is COc1ccc(F)c(F)c1COc1cc(-n2c(=O)[nH]c3c(OC)nc(C(C)(C)O)nc32)c(Cl)cc1OCC(N)=O. The molecule has 4 aromatic rings. The summed E-state index contributed by atoms with van der Waals surface area (Å²) in [4.78, 5) is 35.5. The molecular formula is C25H24ClF2N5O7. The molecule has 0 aliphatic rings. The van der Waals surface area contributed by atoms with Crippen molar-refractivity contribution >= 4 is 28.7 Å². The normalized spacial score (nSPS) is 11.5. The summed E-state index contributed by atoms with van der Waals surface area (Å²) in [6.07, 6.45) is 0. The van der Waals surface area contributed by atoms with Crippen molar-refractivity contribution < 1.29 is 37.6 Å². The Labute approximate surface area is 230 Å². The van der Waals surface area contributed by atoms with Crippen molar-refractivity contribution in [1.29, 1.82) is 0 Å². The maximum Gasteiger partial charge on any atom is 0.332 e. The molecule has 4 N–H and O–H groups in total. The molecule has 0 fully saturated rings. The molecule has 1 amide bonds. The number of benzene rings is 2. The number of ether oxygens (including phenoxy) is 4. The maximum absolute atomic E-state index is 14.6. The summed E-state index contributed by atoms with van der Waals surface area (Å²) in [5.74, 6) is -3.36. The lowest BCUT2D eigenvalue weighted by atomic mass is 10.1. The number of nitrogens with two attached hydrogens (primary N) is 1. The lowest BCUT2D eigenvalue weighted by Crippen LogP contribution is -2.21. The van der Waals surface area contributed by atoms with E-state index in [0.717, 1.165) is 10.6 Å². The van der Waals surface area contributed by atoms with E-state index in [0.29, 0.717) is 0 Å². The molecule has 15 heteroatoms. The molecule has 2 heterocycles. The van der Waals surface area contributed by atoms with Gasteiger partial charge in [0.15, 0.2) is 41.2 Å². The highest BCUT2D eigenvalue weighted by Crippen LogP contribution is 2.38. The third kappa shape index (κ3) is 5.49. The smallest absolute Gasteiger partial charge is 0.332 e. The fourth-order valence-corrected chi connectivity index (χ4v) is 3.96. The number of nitrogens with zero attached hydrogens (tertiary/aromatic N) is 3. The highest BCUT2D eigenvalue weighted by atomic mass is 35.5. The van der Waals surface area contributed by atoms with Gasteiger partial charge in [-0.05, 0) is 26.0 Å². The van der Waals surface area contributed by atoms with E-state index in [1.165, 1.54) is 46.3 Å². The molecule has 0 aliphatic carbocycles. The zero-order valence-electron chi connectivity index (χ0n) is 21.7. The van der Waals surface area contributed by atoms with E-state index in [9.17, 15) is 23.5 Å². The number of carbonyl (C=O) groups is 1. The van der Waals surface area contributed by atoms with Crippen molar-refractivity contribution in [2.45, 2.75) is 26.1 Å². The van der Waals surface area contributed by atoms with Gasteiger partial charge in [-0.1, -0.05) is 11.6 Å². The fourth-order valence-electron chi connectivity index (χ4n) is 3.72. The van der Waals surface area contributed by atoms with Crippen LogP contribution in [0.3, 0.4) is 0 Å². The second-order valence-electron chi connectivity index (χ2n) is 8.92. The number of nitrogens with one attached hydrogen (secondary N) is 1. The number of hydrogen-bond acceptors (Lipinski definition) is 9. The van der Waals surface area contributed by atoms with Gasteiger partial charge < -0.3 is 29.8 Å². The molecule has 12 nitrogen and oxygen atoms in total. The van der Waals surface area contributed by atoms with Gasteiger partial charge in [-0.2, -0.15) is 4.98 Å². The van der Waals surface area contributed by atoms with Gasteiger partial charge in [0.25, 0.3) is 5.91 Å². The molecule has 2 aromatic carbocycles. The molecule has 0 radical (unpaired) electrons. The van der Waals surface area contributed by atoms with E-state index >= 15 is 0 Å². The van der Waals surface area contributed by atoms with Crippen LogP contribution >= 0.6 is 11.6 Å². The van der Waals surface area contributed by atoms with Crippen molar-refractivity contribution in [3.05, 3.63) is 62.8 Å². The van der Waals surface area contributed by atoms with Crippen LogP contribution in [-0.2, 0) is 17.0 Å². The van der Waals surface area contributed by atoms with Gasteiger partial charge in [-0.15, -0.1) is 0 Å². The van der Waals surface area contributed by atoms with Crippen LogP contribution in [0.5, 0.6) is 23.1 Å². The summed E-state index contributed by atoms with van der Waals surface area (Å²) in [6.45, 7) is 1.80. The number of amides is 1. The largest absolute Gasteiger partial charge is 0.496 e. The molecule has 0 bridgehead atoms. The van der Waals surface area contributed by atoms with E-state index < -0.39 is 42.0 Å². The van der Waals surface area contributed by atoms with Crippen molar-refractivity contribution in [3.63, 3.8) is 0 Å². The van der Waals surface area contributed by atoms with Gasteiger partial charge in [0.05, 0.1) is 30.5 Å². The maximum atomic E-state index is 14.6. The van der Waals surface area contributed by atoms with E-state index in [1.54, 1.807) is 0 Å². The number of hydrogen-bond donors (Lipinski definition) is 3. The predicted molar refractivity (Wildman–Crippen MR) is 138 cm³/mol. The highest BCUT2D eigenvalue weighted by Gasteiger charge is 2.27. The summed E-state index contributed by atoms with van der Waals surface area (Å²) < 4.78 is 51.1. The Morgan fingerprint density at radius 2 is 1.82 bits per heavy atom. The summed E-state index contributed by atoms with van der Waals surface area (Å²) in [5.41, 5.74) is 2.89. The van der Waals surface area contributed by atoms with E-state index in [-0.39, 0.29) is 56.4 Å². The van der Waals surface area contributed by atoms with Crippen molar-refractivity contribution in [2.24, 2.45) is 5.73 Å². The first-order valence-electron chi connectivity index (χ1n) is 11.5. The number of rotatable bonds is 10. The number of aromatic amines is 1. The topological polar surface area (TPSA) is 164 Å². The van der Waals surface area contributed by atoms with Crippen molar-refractivity contribution in [2.75, 3.05) is 20.8 Å². The molecule has 2 aromatic heterocycles. The third-order valence-electron chi connectivity index (χ3n) is 5.61. The molecule has 212 valence electrons. The summed E-state index contributed by atoms with van der Waals surface area (Å²) >= 11 is 6.52. The molecule has 0 spiro atoms. The molecule has 0 atom stereocenters. The van der Waals surface area contributed by atoms with Gasteiger partial charge in [-0.3, -0.25) is 9.78 Å². The minimum Gasteiger partial charge on any atom is -0.496 e. The number of aliphatic hydroxyl groups is 1. The van der Waals surface area contributed by atoms with Crippen LogP contribution in [0.25, 0.3) is 16.9 Å². The summed E-state index contributed by atoms with van der Waals surface area (Å²) in [7, 11) is 2.61. The highest BCUT2D eigenvalue weighted by molar-refractivity contribution is 6.32. The van der Waals surface area contributed by atoms with Crippen LogP contribution in [0.4, 0.5) is 8.78 Å². The average Bonchev–Trinajstić information content (AvgIpc) is 3.23. The van der Waals surface area contributed by atoms with Gasteiger partial charge in [0, 0.05) is 12.1 Å². The predicted octanol–water partition coefficient (Wildman–Crippen LogP) is 2.73. The Balaban J connectivity index is 1.89. The van der Waals surface area contributed by atoms with E-state index in [1.807, 2.05) is 0 Å². The van der Waals surface area contributed by atoms with Gasteiger partial charge in [-0.25, -0.2) is 23.1 Å². The van der Waals surface area contributed by atoms with Crippen molar-refractivity contribution in [1.82, 2.24) is 19.5 Å². The zero-order valence-corrected chi connectivity index (χ0v) is 22.4. The lowest BCUT2D eigenvalue weighted by Gasteiger charge is -2.18. The van der Waals surface area contributed by atoms with E-state index in [4.69, 9.17) is 36.3 Å². The first-order valence-corrected chi connectivity index (χ1v) is 11.9. The molecular weight excluding hydrogens is 556 g/mol. The third-order valence-corrected chi connectivity index (χ3v) is 5.92. The second kappa shape index (κ2) is 11.0. The Morgan fingerprint density at radius 3 is 2.45 bits per heavy atom. The number of fused-ring (bicyclic) bond motifs is 1. The summed E-state index contributed by atoms with van der Waals surface area (Å²) in [5, 5.41) is 10.4. The van der Waals surface area contributed by atoms with Gasteiger partial charge in [0.1, 0.15) is 23.5 Å². The number of H-pyrrole nitrogens is 1. The Bertz CT molecular complexity index is 1670. The fraction of sp³-hybridized carbons (Fsp3) is 0.280. The number of aromatic nitrogens is 4. The Morgan fingerprint density at radius 1 is 1.12 bits per heavy atom. The minimum absolute atomic E-state index is 0.00507. The number of carbonyl (C=O) groups excluding carboxylic acids is 1. The number of halogens is 3. The zero-order chi connectivity index (χ0) is 29.4. The van der Waals surface area contributed by atoms with Crippen LogP contribution in [0.2, 0.25) is 5.02 Å². The van der Waals surface area contributed by atoms with Crippen LogP contribution in [0, 0.1) is 11.6 Å². The standard InChI is InChI=1S/C25H24ClF2N5O7/c1-25(2,36)23-31-21-20(22(32-23)38-4)30-24(35)33(21)14-8-17(16(7-12(14)26)40-10-18(29)34)39-9-11-15(37-3)6-5-13(27)19(11)28/h5-8,36H,9-10H2,1-4H3,(H2,29,34)(H,30,35). The summed E-state index contributed by atoms with van der Waals surface area (Å²) in [6, 6.07) is 4.65. The first-order chi connectivity index (χ1) is 18.8. The van der Waals surface area contributed by atoms with Crippen molar-refractivity contribution in [3.8, 4) is 28.8 Å². The molecule has 0 aliphatic heterocycles. The van der Waals surface area contributed by atoms with Crippen LogP contribution in [0.1, 0.15) is 25.2 Å². The van der Waals surface area contributed by atoms with Crippen LogP contribution < -0.4 is 30.4 Å². The average molecular weight is 580 g/mol. The number of primary amides is 1. The second-order valence-corrected chi connectivity index (χ2v) is 9.32. The van der Waals surface area contributed by atoms with Gasteiger partial charge in [0.2, 0.25) is 5.88 Å². The number of imidazole rings is 1. The van der Waals surface area contributed by atoms with Crippen LogP contribution in [-0.4, -0.2) is 51.4 Å². The lowest BCUT2D eigenvalue weighted by molar-refractivity contribution is -0.119.